The van der Waals surface area contributed by atoms with Crippen LogP contribution >= 0.6 is 0 Å². The third kappa shape index (κ3) is 2.61. The highest BCUT2D eigenvalue weighted by molar-refractivity contribution is 5.79. The summed E-state index contributed by atoms with van der Waals surface area (Å²) in [5.74, 6) is 0.655. The van der Waals surface area contributed by atoms with Gasteiger partial charge in [0.05, 0.1) is 18.0 Å². The topological polar surface area (TPSA) is 64.4 Å². The molecule has 0 fully saturated rings. The molecule has 0 spiro atoms. The zero-order chi connectivity index (χ0) is 13.3. The number of hydrogen-bond donors (Lipinski definition) is 1. The second kappa shape index (κ2) is 4.33. The van der Waals surface area contributed by atoms with Crippen molar-refractivity contribution in [2.75, 3.05) is 12.4 Å². The normalized spacial score (nSPS) is 11.6. The van der Waals surface area contributed by atoms with Crippen molar-refractivity contribution < 1.29 is 9.15 Å². The van der Waals surface area contributed by atoms with Gasteiger partial charge in [0.2, 0.25) is 0 Å². The summed E-state index contributed by atoms with van der Waals surface area (Å²) in [6.07, 6.45) is 0. The zero-order valence-corrected chi connectivity index (χ0v) is 10.9. The molecule has 0 atom stereocenters. The molecular weight excluding hydrogens is 232 g/mol. The maximum atomic E-state index is 11.8. The SMILES string of the molecule is COc1ccc2c(=O)oc(NC(C)(C)C)nc2c1. The lowest BCUT2D eigenvalue weighted by atomic mass is 10.1. The summed E-state index contributed by atoms with van der Waals surface area (Å²) in [4.78, 5) is 16.1. The molecule has 0 radical (unpaired) electrons. The summed E-state index contributed by atoms with van der Waals surface area (Å²) < 4.78 is 10.2. The first-order valence-corrected chi connectivity index (χ1v) is 5.66. The third-order valence-electron chi connectivity index (χ3n) is 2.32. The quantitative estimate of drug-likeness (QED) is 0.884. The zero-order valence-electron chi connectivity index (χ0n) is 10.9. The standard InChI is InChI=1S/C13H16N2O3/c1-13(2,3)15-12-14-10-7-8(17-4)5-6-9(10)11(16)18-12/h5-7H,1-4H3,(H,14,15). The maximum absolute atomic E-state index is 11.8. The average molecular weight is 248 g/mol. The van der Waals surface area contributed by atoms with E-state index in [-0.39, 0.29) is 11.6 Å². The third-order valence-corrected chi connectivity index (χ3v) is 2.32. The first-order valence-electron chi connectivity index (χ1n) is 5.66. The number of aromatic nitrogens is 1. The van der Waals surface area contributed by atoms with Crippen LogP contribution in [-0.2, 0) is 0 Å². The second-order valence-electron chi connectivity index (χ2n) is 5.06. The molecule has 5 nitrogen and oxygen atoms in total. The monoisotopic (exact) mass is 248 g/mol. The van der Waals surface area contributed by atoms with Crippen LogP contribution in [0.4, 0.5) is 6.01 Å². The van der Waals surface area contributed by atoms with Gasteiger partial charge in [-0.3, -0.25) is 0 Å². The number of methoxy groups -OCH3 is 1. The van der Waals surface area contributed by atoms with E-state index in [2.05, 4.69) is 10.3 Å². The van der Waals surface area contributed by atoms with Crippen molar-refractivity contribution in [3.05, 3.63) is 28.6 Å². The predicted octanol–water partition coefficient (Wildman–Crippen LogP) is 2.41. The lowest BCUT2D eigenvalue weighted by molar-refractivity contribution is 0.415. The molecule has 1 heterocycles. The fourth-order valence-electron chi connectivity index (χ4n) is 1.55. The Morgan fingerprint density at radius 2 is 2.06 bits per heavy atom. The Bertz CT molecular complexity index is 626. The van der Waals surface area contributed by atoms with E-state index in [9.17, 15) is 4.79 Å². The Morgan fingerprint density at radius 3 is 2.67 bits per heavy atom. The van der Waals surface area contributed by atoms with Crippen LogP contribution in [0.1, 0.15) is 20.8 Å². The van der Waals surface area contributed by atoms with E-state index in [0.29, 0.717) is 16.7 Å². The van der Waals surface area contributed by atoms with Gasteiger partial charge in [0.1, 0.15) is 5.75 Å². The van der Waals surface area contributed by atoms with Crippen LogP contribution in [0.3, 0.4) is 0 Å². The van der Waals surface area contributed by atoms with Crippen LogP contribution in [0.5, 0.6) is 5.75 Å². The summed E-state index contributed by atoms with van der Waals surface area (Å²) in [6.45, 7) is 5.89. The Labute approximate surface area is 105 Å². The number of fused-ring (bicyclic) bond motifs is 1. The molecular formula is C13H16N2O3. The minimum atomic E-state index is -0.408. The molecule has 0 aliphatic rings. The summed E-state index contributed by atoms with van der Waals surface area (Å²) in [5, 5.41) is 3.47. The van der Waals surface area contributed by atoms with E-state index in [0.717, 1.165) is 0 Å². The van der Waals surface area contributed by atoms with Crippen molar-refractivity contribution in [1.29, 1.82) is 0 Å². The number of benzene rings is 1. The summed E-state index contributed by atoms with van der Waals surface area (Å²) in [5.41, 5.74) is -0.0816. The molecule has 1 aromatic heterocycles. The molecule has 2 rings (SSSR count). The van der Waals surface area contributed by atoms with E-state index < -0.39 is 5.63 Å². The molecule has 0 saturated carbocycles. The molecule has 5 heteroatoms. The summed E-state index contributed by atoms with van der Waals surface area (Å²) in [7, 11) is 1.57. The van der Waals surface area contributed by atoms with Gasteiger partial charge >= 0.3 is 5.63 Å². The van der Waals surface area contributed by atoms with E-state index in [1.807, 2.05) is 20.8 Å². The van der Waals surface area contributed by atoms with Crippen LogP contribution in [0.2, 0.25) is 0 Å². The van der Waals surface area contributed by atoms with Crippen LogP contribution in [0.25, 0.3) is 10.9 Å². The first kappa shape index (κ1) is 12.4. The molecule has 0 bridgehead atoms. The lowest BCUT2D eigenvalue weighted by Crippen LogP contribution is -2.27. The average Bonchev–Trinajstić information content (AvgIpc) is 2.25. The summed E-state index contributed by atoms with van der Waals surface area (Å²) >= 11 is 0. The molecule has 1 aromatic carbocycles. The molecule has 2 aromatic rings. The number of anilines is 1. The fourth-order valence-corrected chi connectivity index (χ4v) is 1.55. The van der Waals surface area contributed by atoms with E-state index >= 15 is 0 Å². The minimum absolute atomic E-state index is 0.216. The molecule has 0 amide bonds. The minimum Gasteiger partial charge on any atom is -0.497 e. The Balaban J connectivity index is 2.56. The Hall–Kier alpha value is -2.04. The number of nitrogens with zero attached hydrogens (tertiary/aromatic N) is 1. The van der Waals surface area contributed by atoms with Gasteiger partial charge in [-0.05, 0) is 32.9 Å². The van der Waals surface area contributed by atoms with Gasteiger partial charge in [-0.1, -0.05) is 0 Å². The van der Waals surface area contributed by atoms with E-state index in [1.54, 1.807) is 25.3 Å². The van der Waals surface area contributed by atoms with Gasteiger partial charge in [0.15, 0.2) is 0 Å². The van der Waals surface area contributed by atoms with Gasteiger partial charge in [0.25, 0.3) is 6.01 Å². The van der Waals surface area contributed by atoms with Gasteiger partial charge in [-0.2, -0.15) is 4.98 Å². The molecule has 1 N–H and O–H groups in total. The van der Waals surface area contributed by atoms with Crippen molar-refractivity contribution >= 4 is 16.9 Å². The van der Waals surface area contributed by atoms with Gasteiger partial charge in [0, 0.05) is 11.6 Å². The van der Waals surface area contributed by atoms with Crippen molar-refractivity contribution in [1.82, 2.24) is 4.98 Å². The number of ether oxygens (including phenoxy) is 1. The van der Waals surface area contributed by atoms with Crippen molar-refractivity contribution in [3.63, 3.8) is 0 Å². The van der Waals surface area contributed by atoms with Crippen molar-refractivity contribution in [2.24, 2.45) is 0 Å². The predicted molar refractivity (Wildman–Crippen MR) is 70.2 cm³/mol. The smallest absolute Gasteiger partial charge is 0.348 e. The molecule has 0 saturated heterocycles. The van der Waals surface area contributed by atoms with Crippen LogP contribution in [0, 0.1) is 0 Å². The van der Waals surface area contributed by atoms with Crippen LogP contribution < -0.4 is 15.7 Å². The largest absolute Gasteiger partial charge is 0.497 e. The van der Waals surface area contributed by atoms with Gasteiger partial charge in [-0.25, -0.2) is 4.79 Å². The Kier molecular flexibility index (Phi) is 2.98. The van der Waals surface area contributed by atoms with Crippen LogP contribution in [-0.4, -0.2) is 17.6 Å². The van der Waals surface area contributed by atoms with Crippen molar-refractivity contribution in [2.45, 2.75) is 26.3 Å². The highest BCUT2D eigenvalue weighted by atomic mass is 16.5. The molecule has 0 unspecified atom stereocenters. The highest BCUT2D eigenvalue weighted by Gasteiger charge is 2.14. The molecule has 96 valence electrons. The van der Waals surface area contributed by atoms with E-state index in [4.69, 9.17) is 9.15 Å². The van der Waals surface area contributed by atoms with Crippen molar-refractivity contribution in [3.8, 4) is 5.75 Å². The molecule has 18 heavy (non-hydrogen) atoms. The maximum Gasteiger partial charge on any atom is 0.348 e. The van der Waals surface area contributed by atoms with E-state index in [1.165, 1.54) is 0 Å². The number of hydrogen-bond acceptors (Lipinski definition) is 5. The number of nitrogens with one attached hydrogen (secondary N) is 1. The first-order chi connectivity index (χ1) is 8.39. The number of rotatable bonds is 2. The molecule has 0 aliphatic carbocycles. The van der Waals surface area contributed by atoms with Gasteiger partial charge in [-0.15, -0.1) is 0 Å². The highest BCUT2D eigenvalue weighted by Crippen LogP contribution is 2.19. The Morgan fingerprint density at radius 1 is 1.33 bits per heavy atom. The fraction of sp³-hybridized carbons (Fsp3) is 0.385. The lowest BCUT2D eigenvalue weighted by Gasteiger charge is -2.19. The second-order valence-corrected chi connectivity index (χ2v) is 5.06. The summed E-state index contributed by atoms with van der Waals surface area (Å²) in [6, 6.07) is 5.28. The van der Waals surface area contributed by atoms with Gasteiger partial charge < -0.3 is 14.5 Å². The molecule has 0 aliphatic heterocycles. The van der Waals surface area contributed by atoms with Crippen LogP contribution in [0.15, 0.2) is 27.4 Å².